The van der Waals surface area contributed by atoms with Crippen LogP contribution in [0.5, 0.6) is 0 Å². The van der Waals surface area contributed by atoms with E-state index in [1.54, 1.807) is 31.2 Å². The second kappa shape index (κ2) is 7.29. The number of ketones is 1. The number of carbonyl (C=O) groups is 2. The number of alkyl halides is 3. The lowest BCUT2D eigenvalue weighted by Crippen LogP contribution is -2.08. The molecule has 30 heavy (non-hydrogen) atoms. The molecule has 0 bridgehead atoms. The molecule has 2 aromatic carbocycles. The summed E-state index contributed by atoms with van der Waals surface area (Å²) < 4.78 is 45.0. The van der Waals surface area contributed by atoms with E-state index in [4.69, 9.17) is 4.74 Å². The van der Waals surface area contributed by atoms with Crippen molar-refractivity contribution in [1.82, 2.24) is 9.38 Å². The summed E-state index contributed by atoms with van der Waals surface area (Å²) >= 11 is 0. The molecule has 0 atom stereocenters. The van der Waals surface area contributed by atoms with Crippen LogP contribution in [0.4, 0.5) is 13.2 Å². The molecular weight excluding hydrogens is 397 g/mol. The van der Waals surface area contributed by atoms with E-state index in [1.165, 1.54) is 16.8 Å². The van der Waals surface area contributed by atoms with Gasteiger partial charge in [-0.15, -0.1) is 0 Å². The van der Waals surface area contributed by atoms with Crippen molar-refractivity contribution in [3.05, 3.63) is 83.3 Å². The van der Waals surface area contributed by atoms with Crippen molar-refractivity contribution in [2.75, 3.05) is 6.61 Å². The van der Waals surface area contributed by atoms with Crippen molar-refractivity contribution in [3.8, 4) is 0 Å². The van der Waals surface area contributed by atoms with Crippen LogP contribution in [0.15, 0.2) is 60.9 Å². The summed E-state index contributed by atoms with van der Waals surface area (Å²) in [4.78, 5) is 29.9. The number of hydrogen-bond donors (Lipinski definition) is 0. The molecule has 0 aliphatic rings. The van der Waals surface area contributed by atoms with Gasteiger partial charge in [0.1, 0.15) is 6.33 Å². The van der Waals surface area contributed by atoms with Crippen molar-refractivity contribution in [2.45, 2.75) is 13.1 Å². The molecule has 5 nitrogen and oxygen atoms in total. The highest BCUT2D eigenvalue weighted by Gasteiger charge is 2.30. The molecule has 4 aromatic rings. The Morgan fingerprint density at radius 2 is 1.77 bits per heavy atom. The van der Waals surface area contributed by atoms with Gasteiger partial charge in [-0.2, -0.15) is 13.2 Å². The normalized spacial score (nSPS) is 11.7. The molecule has 8 heteroatoms. The molecule has 2 heterocycles. The van der Waals surface area contributed by atoms with Crippen LogP contribution in [-0.2, 0) is 10.9 Å². The summed E-state index contributed by atoms with van der Waals surface area (Å²) in [5.41, 5.74) is 0.582. The van der Waals surface area contributed by atoms with E-state index in [9.17, 15) is 22.8 Å². The van der Waals surface area contributed by atoms with Crippen LogP contribution in [-0.4, -0.2) is 27.7 Å². The van der Waals surface area contributed by atoms with E-state index in [2.05, 4.69) is 4.98 Å². The molecule has 0 N–H and O–H groups in total. The Morgan fingerprint density at radius 1 is 1.07 bits per heavy atom. The van der Waals surface area contributed by atoms with Gasteiger partial charge in [0.25, 0.3) is 0 Å². The molecule has 0 saturated carbocycles. The highest BCUT2D eigenvalue weighted by Crippen LogP contribution is 2.30. The van der Waals surface area contributed by atoms with E-state index >= 15 is 0 Å². The lowest BCUT2D eigenvalue weighted by atomic mass is 10.1. The molecular formula is C22H15F3N2O3. The number of rotatable bonds is 4. The first-order chi connectivity index (χ1) is 14.3. The van der Waals surface area contributed by atoms with Crippen LogP contribution >= 0.6 is 0 Å². The first-order valence-corrected chi connectivity index (χ1v) is 9.09. The zero-order valence-corrected chi connectivity index (χ0v) is 15.7. The standard InChI is InChI=1S/C22H15F3N2O3/c1-2-30-21(29)16-11-18(20(28)13-7-9-14(10-8-13)22(23,24)25)27-12-26-17-6-4-3-5-15(17)19(16)27/h3-12H,2H2,1H3. The van der Waals surface area contributed by atoms with Crippen LogP contribution in [0.25, 0.3) is 16.4 Å². The smallest absolute Gasteiger partial charge is 0.416 e. The lowest BCUT2D eigenvalue weighted by Gasteiger charge is -2.08. The third-order valence-corrected chi connectivity index (χ3v) is 4.71. The van der Waals surface area contributed by atoms with Gasteiger partial charge >= 0.3 is 12.1 Å². The molecule has 0 saturated heterocycles. The quantitative estimate of drug-likeness (QED) is 0.353. The van der Waals surface area contributed by atoms with E-state index in [0.717, 1.165) is 24.3 Å². The average Bonchev–Trinajstić information content (AvgIpc) is 3.13. The fraction of sp³-hybridized carbons (Fsp3) is 0.136. The summed E-state index contributed by atoms with van der Waals surface area (Å²) in [6.07, 6.45) is -3.08. The summed E-state index contributed by atoms with van der Waals surface area (Å²) in [6.45, 7) is 1.82. The number of benzene rings is 2. The Labute approximate surface area is 168 Å². The molecule has 0 unspecified atom stereocenters. The fourth-order valence-electron chi connectivity index (χ4n) is 3.32. The maximum atomic E-state index is 13.1. The molecule has 0 spiro atoms. The predicted octanol–water partition coefficient (Wildman–Crippen LogP) is 4.91. The van der Waals surface area contributed by atoms with Gasteiger partial charge in [0.2, 0.25) is 5.78 Å². The summed E-state index contributed by atoms with van der Waals surface area (Å²) in [5.74, 6) is -1.14. The third-order valence-electron chi connectivity index (χ3n) is 4.71. The second-order valence-electron chi connectivity index (χ2n) is 6.55. The zero-order valence-electron chi connectivity index (χ0n) is 15.7. The highest BCUT2D eigenvalue weighted by molar-refractivity contribution is 6.14. The van der Waals surface area contributed by atoms with Crippen molar-refractivity contribution in [3.63, 3.8) is 0 Å². The summed E-state index contributed by atoms with van der Waals surface area (Å²) in [7, 11) is 0. The Kier molecular flexibility index (Phi) is 4.77. The van der Waals surface area contributed by atoms with E-state index in [1.807, 2.05) is 0 Å². The minimum absolute atomic E-state index is 0.0611. The predicted molar refractivity (Wildman–Crippen MR) is 104 cm³/mol. The summed E-state index contributed by atoms with van der Waals surface area (Å²) in [6, 6.07) is 12.4. The van der Waals surface area contributed by atoms with Crippen LogP contribution in [0.2, 0.25) is 0 Å². The fourth-order valence-corrected chi connectivity index (χ4v) is 3.32. The van der Waals surface area contributed by atoms with E-state index in [-0.39, 0.29) is 23.4 Å². The van der Waals surface area contributed by atoms with Crippen molar-refractivity contribution < 1.29 is 27.5 Å². The van der Waals surface area contributed by atoms with Crippen molar-refractivity contribution >= 4 is 28.2 Å². The monoisotopic (exact) mass is 412 g/mol. The topological polar surface area (TPSA) is 60.7 Å². The van der Waals surface area contributed by atoms with Crippen molar-refractivity contribution in [2.24, 2.45) is 0 Å². The molecule has 0 aliphatic carbocycles. The first kappa shape index (κ1) is 19.6. The Balaban J connectivity index is 1.90. The van der Waals surface area contributed by atoms with E-state index < -0.39 is 23.5 Å². The highest BCUT2D eigenvalue weighted by atomic mass is 19.4. The third kappa shape index (κ3) is 3.30. The number of hydrogen-bond acceptors (Lipinski definition) is 4. The van der Waals surface area contributed by atoms with Crippen LogP contribution in [0, 0.1) is 0 Å². The molecule has 2 aromatic heterocycles. The number of halogens is 3. The Hall–Kier alpha value is -3.68. The van der Waals surface area contributed by atoms with Gasteiger partial charge in [-0.1, -0.05) is 30.3 Å². The van der Waals surface area contributed by atoms with E-state index in [0.29, 0.717) is 16.4 Å². The largest absolute Gasteiger partial charge is 0.462 e. The lowest BCUT2D eigenvalue weighted by molar-refractivity contribution is -0.137. The molecule has 0 aliphatic heterocycles. The van der Waals surface area contributed by atoms with Gasteiger partial charge in [-0.05, 0) is 31.2 Å². The minimum Gasteiger partial charge on any atom is -0.462 e. The van der Waals surface area contributed by atoms with Crippen LogP contribution in [0.1, 0.15) is 38.9 Å². The van der Waals surface area contributed by atoms with Gasteiger partial charge in [0.15, 0.2) is 0 Å². The number of fused-ring (bicyclic) bond motifs is 3. The first-order valence-electron chi connectivity index (χ1n) is 9.09. The number of para-hydroxylation sites is 1. The molecule has 152 valence electrons. The molecule has 0 fully saturated rings. The molecule has 0 radical (unpaired) electrons. The Morgan fingerprint density at radius 3 is 2.43 bits per heavy atom. The number of carbonyl (C=O) groups excluding carboxylic acids is 2. The number of ether oxygens (including phenoxy) is 1. The molecule has 4 rings (SSSR count). The van der Waals surface area contributed by atoms with Gasteiger partial charge < -0.3 is 4.74 Å². The number of aromatic nitrogens is 2. The minimum atomic E-state index is -4.50. The number of nitrogens with zero attached hydrogens (tertiary/aromatic N) is 2. The summed E-state index contributed by atoms with van der Waals surface area (Å²) in [5, 5.41) is 0.648. The average molecular weight is 412 g/mol. The second-order valence-corrected chi connectivity index (χ2v) is 6.55. The van der Waals surface area contributed by atoms with Crippen molar-refractivity contribution in [1.29, 1.82) is 0 Å². The Bertz CT molecular complexity index is 1270. The van der Waals surface area contributed by atoms with Gasteiger partial charge in [-0.25, -0.2) is 9.78 Å². The van der Waals surface area contributed by atoms with Crippen LogP contribution in [0.3, 0.4) is 0 Å². The van der Waals surface area contributed by atoms with Gasteiger partial charge in [0.05, 0.1) is 34.5 Å². The van der Waals surface area contributed by atoms with Gasteiger partial charge in [-0.3, -0.25) is 9.20 Å². The SMILES string of the molecule is CCOC(=O)c1cc(C(=O)c2ccc(C(F)(F)F)cc2)n2cnc3ccccc3c12. The molecule has 0 amide bonds. The maximum Gasteiger partial charge on any atom is 0.416 e. The van der Waals surface area contributed by atoms with Crippen LogP contribution < -0.4 is 0 Å². The zero-order chi connectivity index (χ0) is 21.5. The van der Waals surface area contributed by atoms with Gasteiger partial charge in [0, 0.05) is 10.9 Å². The number of esters is 1. The maximum absolute atomic E-state index is 13.1.